The van der Waals surface area contributed by atoms with Crippen LogP contribution < -0.4 is 45.5 Å². The molecule has 4 aliphatic rings. The predicted molar refractivity (Wildman–Crippen MR) is 272 cm³/mol. The van der Waals surface area contributed by atoms with Gasteiger partial charge >= 0.3 is 6.09 Å². The van der Waals surface area contributed by atoms with Crippen molar-refractivity contribution in [3.63, 3.8) is 0 Å². The zero-order chi connectivity index (χ0) is 51.6. The van der Waals surface area contributed by atoms with E-state index >= 15 is 0 Å². The number of carbonyl (C=O) groups excluding carboxylic acids is 5. The van der Waals surface area contributed by atoms with Crippen LogP contribution >= 0.6 is 0 Å². The molecule has 0 aliphatic carbocycles. The summed E-state index contributed by atoms with van der Waals surface area (Å²) in [5, 5.41) is 21.3. The van der Waals surface area contributed by atoms with Gasteiger partial charge in [0.25, 0.3) is 11.8 Å². The van der Waals surface area contributed by atoms with Crippen LogP contribution in [0.5, 0.6) is 23.0 Å². The van der Waals surface area contributed by atoms with Gasteiger partial charge < -0.3 is 49.6 Å². The molecule has 0 bridgehead atoms. The number of primary amides is 1. The summed E-state index contributed by atoms with van der Waals surface area (Å²) in [5.74, 6) is -0.121. The van der Waals surface area contributed by atoms with E-state index in [9.17, 15) is 29.1 Å². The summed E-state index contributed by atoms with van der Waals surface area (Å²) >= 11 is 0. The molecule has 4 heterocycles. The van der Waals surface area contributed by atoms with Gasteiger partial charge in [-0.05, 0) is 80.5 Å². The van der Waals surface area contributed by atoms with E-state index in [1.807, 2.05) is 58.2 Å². The number of amides is 4. The number of ketones is 1. The van der Waals surface area contributed by atoms with E-state index in [-0.39, 0.29) is 85.9 Å². The molecule has 0 fully saturated rings. The number of fused-ring (bicyclic) bond motifs is 4. The number of benzene rings is 3. The van der Waals surface area contributed by atoms with Crippen molar-refractivity contribution < 1.29 is 52.8 Å². The summed E-state index contributed by atoms with van der Waals surface area (Å²) < 4.78 is 29.5. The summed E-state index contributed by atoms with van der Waals surface area (Å²) in [5.41, 5.74) is 9.70. The third kappa shape index (κ3) is 11.8. The Morgan fingerprint density at radius 1 is 0.833 bits per heavy atom. The molecule has 19 heteroatoms. The van der Waals surface area contributed by atoms with Crippen LogP contribution in [0.4, 0.5) is 21.9 Å². The lowest BCUT2D eigenvalue weighted by atomic mass is 10.0. The fourth-order valence-electron chi connectivity index (χ4n) is 8.84. The SMILES string of the molecule is C/C=C/C1=CN2C(=O)c3cc(OC)c(OCCCOc4cc5c(cc4OC)C(=O)N4C=C(/C=C/C)C[C@H]4[C@H](O)N5C(=O)OCc4ccc(NCN[C@@H](C)C(=O)CN[C@H](C(N)=O)C(C)C)cc4)cc3N=C[C@@H]2C1. The highest BCUT2D eigenvalue weighted by atomic mass is 16.6. The fourth-order valence-corrected chi connectivity index (χ4v) is 8.84. The van der Waals surface area contributed by atoms with Crippen molar-refractivity contribution in [2.24, 2.45) is 16.6 Å². The number of aliphatic hydroxyl groups is 1. The van der Waals surface area contributed by atoms with Crippen molar-refractivity contribution in [2.75, 3.05) is 50.9 Å². The molecule has 0 radical (unpaired) electrons. The van der Waals surface area contributed by atoms with Gasteiger partial charge in [-0.3, -0.25) is 34.8 Å². The molecule has 7 rings (SSSR count). The summed E-state index contributed by atoms with van der Waals surface area (Å²) in [6.45, 7) is 9.62. The number of allylic oxidation sites excluding steroid dienone is 4. The second-order valence-corrected chi connectivity index (χ2v) is 18.0. The zero-order valence-electron chi connectivity index (χ0n) is 41.7. The second-order valence-electron chi connectivity index (χ2n) is 18.0. The van der Waals surface area contributed by atoms with E-state index in [1.165, 1.54) is 31.3 Å². The largest absolute Gasteiger partial charge is 0.493 e. The molecule has 382 valence electrons. The third-order valence-corrected chi connectivity index (χ3v) is 12.7. The molecule has 19 nitrogen and oxygen atoms in total. The van der Waals surface area contributed by atoms with Crippen molar-refractivity contribution in [3.05, 3.63) is 113 Å². The standard InChI is InChI=1S/C53H64N8O11/c1-8-11-34-19-37-25-55-40-23-46(44(68-6)21-38(40)50(64)59(37)27-34)70-17-10-18-71-47-24-41-39(22-45(47)69-7)51(65)60-28-35(12-9-2)20-42(60)52(66)61(41)53(67)72-29-33-13-15-36(16-14-33)58-30-57-32(5)43(62)26-56-48(31(3)4)49(54)63/h8-9,11-16,21-25,27-28,31-32,37,42,48,52,56-58,66H,10,17-20,26,29-30H2,1-7H3,(H2,54,63)/b11-8+,12-9+/t32-,37-,42-,48-,52-/m0/s1. The smallest absolute Gasteiger partial charge is 0.416 e. The van der Waals surface area contributed by atoms with Crippen molar-refractivity contribution >= 4 is 52.9 Å². The Bertz CT molecular complexity index is 2680. The second kappa shape index (κ2) is 23.6. The van der Waals surface area contributed by atoms with E-state index in [0.29, 0.717) is 41.2 Å². The molecule has 4 aliphatic heterocycles. The number of anilines is 2. The van der Waals surface area contributed by atoms with Crippen LogP contribution in [0.15, 0.2) is 101 Å². The average molecular weight is 989 g/mol. The maximum absolute atomic E-state index is 14.3. The number of hydrogen-bond donors (Lipinski definition) is 5. The maximum atomic E-state index is 14.3. The zero-order valence-corrected chi connectivity index (χ0v) is 41.7. The van der Waals surface area contributed by atoms with Crippen molar-refractivity contribution in [1.29, 1.82) is 0 Å². The number of hydrogen-bond acceptors (Lipinski definition) is 15. The first-order valence-electron chi connectivity index (χ1n) is 24.0. The lowest BCUT2D eigenvalue weighted by Crippen LogP contribution is -2.50. The molecule has 0 unspecified atom stereocenters. The van der Waals surface area contributed by atoms with Gasteiger partial charge in [0.2, 0.25) is 5.91 Å². The predicted octanol–water partition coefficient (Wildman–Crippen LogP) is 6.11. The summed E-state index contributed by atoms with van der Waals surface area (Å²) in [6, 6.07) is 11.3. The van der Waals surface area contributed by atoms with E-state index < -0.39 is 42.3 Å². The number of carbonyl (C=O) groups is 5. The van der Waals surface area contributed by atoms with Crippen LogP contribution in [-0.4, -0.2) is 122 Å². The van der Waals surface area contributed by atoms with Gasteiger partial charge in [0.1, 0.15) is 6.61 Å². The lowest BCUT2D eigenvalue weighted by Gasteiger charge is -2.31. The Hall–Kier alpha value is -7.48. The van der Waals surface area contributed by atoms with E-state index in [0.717, 1.165) is 21.7 Å². The fraction of sp³-hybridized carbons (Fsp3) is 0.396. The molecule has 5 atom stereocenters. The molecular weight excluding hydrogens is 925 g/mol. The molecule has 72 heavy (non-hydrogen) atoms. The maximum Gasteiger partial charge on any atom is 0.416 e. The Balaban J connectivity index is 1.00. The Labute approximate surface area is 419 Å². The van der Waals surface area contributed by atoms with Crippen molar-refractivity contribution in [2.45, 2.75) is 90.9 Å². The number of rotatable bonds is 22. The molecule has 3 aromatic carbocycles. The summed E-state index contributed by atoms with van der Waals surface area (Å²) in [6.07, 6.45) is 11.8. The van der Waals surface area contributed by atoms with E-state index in [2.05, 4.69) is 20.9 Å². The normalized spacial score (nSPS) is 19.0. The van der Waals surface area contributed by atoms with Crippen molar-refractivity contribution in [3.8, 4) is 23.0 Å². The van der Waals surface area contributed by atoms with Gasteiger partial charge in [-0.1, -0.05) is 50.3 Å². The molecule has 6 N–H and O–H groups in total. The van der Waals surface area contributed by atoms with Crippen LogP contribution in [0.1, 0.15) is 80.2 Å². The van der Waals surface area contributed by atoms with Crippen LogP contribution in [0.25, 0.3) is 0 Å². The van der Waals surface area contributed by atoms with Crippen LogP contribution in [0.2, 0.25) is 0 Å². The Kier molecular flexibility index (Phi) is 17.2. The van der Waals surface area contributed by atoms with Gasteiger partial charge in [0.15, 0.2) is 35.0 Å². The Morgan fingerprint density at radius 3 is 2.10 bits per heavy atom. The monoisotopic (exact) mass is 988 g/mol. The number of Topliss-reactive ketones (excluding diaryl/α,β-unsaturated/α-hetero) is 1. The Morgan fingerprint density at radius 2 is 1.46 bits per heavy atom. The van der Waals surface area contributed by atoms with Gasteiger partial charge in [0, 0.05) is 42.9 Å². The van der Waals surface area contributed by atoms with Crippen molar-refractivity contribution in [1.82, 2.24) is 20.4 Å². The minimum atomic E-state index is -1.51. The minimum Gasteiger partial charge on any atom is -0.493 e. The average Bonchev–Trinajstić information content (AvgIpc) is 3.94. The van der Waals surface area contributed by atoms with Crippen LogP contribution in [0, 0.1) is 5.92 Å². The quantitative estimate of drug-likeness (QED) is 0.0565. The number of ether oxygens (including phenoxy) is 5. The topological polar surface area (TPSA) is 236 Å². The van der Waals surface area contributed by atoms with E-state index in [1.54, 1.807) is 60.6 Å². The number of nitrogens with zero attached hydrogens (tertiary/aromatic N) is 4. The number of methoxy groups -OCH3 is 2. The molecule has 0 aromatic heterocycles. The molecule has 0 spiro atoms. The first-order valence-corrected chi connectivity index (χ1v) is 24.0. The minimum absolute atomic E-state index is 0.00990. The lowest BCUT2D eigenvalue weighted by molar-refractivity contribution is -0.122. The van der Waals surface area contributed by atoms with E-state index in [4.69, 9.17) is 29.4 Å². The van der Waals surface area contributed by atoms with Gasteiger partial charge in [0.05, 0.1) is 87.3 Å². The number of aliphatic hydroxyl groups excluding tert-OH is 1. The molecule has 0 saturated carbocycles. The number of aliphatic imine (C=N–C) groups is 1. The molecule has 0 saturated heterocycles. The molecule has 3 aromatic rings. The first kappa shape index (κ1) is 52.3. The van der Waals surface area contributed by atoms with Gasteiger partial charge in [-0.2, -0.15) is 0 Å². The highest BCUT2D eigenvalue weighted by molar-refractivity contribution is 6.07. The first-order chi connectivity index (χ1) is 34.6. The number of nitrogens with two attached hydrogens (primary N) is 1. The summed E-state index contributed by atoms with van der Waals surface area (Å²) in [7, 11) is 2.94. The molecule has 4 amide bonds. The highest BCUT2D eigenvalue weighted by Crippen LogP contribution is 2.43. The number of nitrogens with one attached hydrogen (secondary N) is 3. The summed E-state index contributed by atoms with van der Waals surface area (Å²) in [4.78, 5) is 75.3. The van der Waals surface area contributed by atoms with Gasteiger partial charge in [-0.15, -0.1) is 0 Å². The van der Waals surface area contributed by atoms with Gasteiger partial charge in [-0.25, -0.2) is 9.69 Å². The van der Waals surface area contributed by atoms with Crippen LogP contribution in [-0.2, 0) is 20.9 Å². The molecular formula is C53H64N8O11. The third-order valence-electron chi connectivity index (χ3n) is 12.7. The van der Waals surface area contributed by atoms with Crippen LogP contribution in [0.3, 0.4) is 0 Å². The highest BCUT2D eigenvalue weighted by Gasteiger charge is 2.45.